The summed E-state index contributed by atoms with van der Waals surface area (Å²) in [5, 5.41) is 0. The van der Waals surface area contributed by atoms with E-state index in [9.17, 15) is 0 Å². The van der Waals surface area contributed by atoms with Gasteiger partial charge >= 0.3 is 0 Å². The molecule has 0 saturated carbocycles. The van der Waals surface area contributed by atoms with Gasteiger partial charge in [-0.2, -0.15) is 0 Å². The predicted molar refractivity (Wildman–Crippen MR) is 66.7 cm³/mol. The Bertz CT molecular complexity index is 504. The van der Waals surface area contributed by atoms with E-state index >= 15 is 0 Å². The first kappa shape index (κ1) is 10.3. The molecule has 0 amide bonds. The van der Waals surface area contributed by atoms with Gasteiger partial charge in [-0.3, -0.25) is 4.98 Å². The molecule has 0 spiro atoms. The van der Waals surface area contributed by atoms with Crippen molar-refractivity contribution in [2.75, 3.05) is 18.9 Å². The molecule has 2 N–H and O–H groups in total. The van der Waals surface area contributed by atoms with Gasteiger partial charge in [-0.25, -0.2) is 0 Å². The fraction of sp³-hybridized carbons (Fsp3) is 0.214. The monoisotopic (exact) mass is 226 g/mol. The summed E-state index contributed by atoms with van der Waals surface area (Å²) in [5.41, 5.74) is 8.92. The third-order valence-corrected chi connectivity index (χ3v) is 3.37. The van der Waals surface area contributed by atoms with Gasteiger partial charge in [0.25, 0.3) is 0 Å². The number of nitrogens with two attached hydrogens (primary N) is 1. The number of nitrogen functional groups attached to an aromatic ring is 1. The van der Waals surface area contributed by atoms with Gasteiger partial charge < -0.3 is 10.5 Å². The normalized spacial score (nSPS) is 17.4. The average Bonchev–Trinajstić information content (AvgIpc) is 2.32. The van der Waals surface area contributed by atoms with Gasteiger partial charge in [0.05, 0.1) is 18.6 Å². The Morgan fingerprint density at radius 2 is 1.82 bits per heavy atom. The van der Waals surface area contributed by atoms with Crippen molar-refractivity contribution in [1.82, 2.24) is 4.98 Å². The fourth-order valence-corrected chi connectivity index (χ4v) is 2.25. The zero-order valence-electron chi connectivity index (χ0n) is 9.47. The zero-order valence-corrected chi connectivity index (χ0v) is 9.47. The van der Waals surface area contributed by atoms with Crippen LogP contribution in [0.4, 0.5) is 5.69 Å². The number of ether oxygens (including phenoxy) is 1. The molecule has 1 aromatic carbocycles. The van der Waals surface area contributed by atoms with Crippen LogP contribution < -0.4 is 5.73 Å². The number of rotatable bonds is 2. The van der Waals surface area contributed by atoms with Crippen LogP contribution in [-0.2, 0) is 10.2 Å². The lowest BCUT2D eigenvalue weighted by Gasteiger charge is -2.42. The Balaban J connectivity index is 2.06. The molecule has 0 radical (unpaired) electrons. The minimum absolute atomic E-state index is 0.0397. The average molecular weight is 226 g/mol. The highest BCUT2D eigenvalue weighted by Gasteiger charge is 2.42. The molecule has 2 aromatic rings. The van der Waals surface area contributed by atoms with E-state index in [1.54, 1.807) is 6.20 Å². The molecule has 17 heavy (non-hydrogen) atoms. The maximum Gasteiger partial charge on any atom is 0.0684 e. The van der Waals surface area contributed by atoms with E-state index in [1.807, 2.05) is 24.4 Å². The summed E-state index contributed by atoms with van der Waals surface area (Å²) in [4.78, 5) is 4.20. The Kier molecular flexibility index (Phi) is 2.34. The third-order valence-electron chi connectivity index (χ3n) is 3.37. The van der Waals surface area contributed by atoms with Crippen LogP contribution in [0.3, 0.4) is 0 Å². The molecule has 3 rings (SSSR count). The summed E-state index contributed by atoms with van der Waals surface area (Å²) in [6.07, 6.45) is 3.71. The van der Waals surface area contributed by atoms with Crippen LogP contribution in [0.2, 0.25) is 0 Å². The van der Waals surface area contributed by atoms with Gasteiger partial charge in [0.1, 0.15) is 0 Å². The third kappa shape index (κ3) is 1.59. The molecule has 1 aromatic heterocycles. The molecule has 3 heteroatoms. The molecular formula is C14H14N2O. The van der Waals surface area contributed by atoms with E-state index in [0.717, 1.165) is 5.69 Å². The SMILES string of the molecule is Nc1ccc(C2(c3cccnc3)COC2)cc1. The number of nitrogens with zero attached hydrogens (tertiary/aromatic N) is 1. The van der Waals surface area contributed by atoms with Crippen molar-refractivity contribution >= 4 is 5.69 Å². The highest BCUT2D eigenvalue weighted by atomic mass is 16.5. The molecule has 1 aliphatic heterocycles. The van der Waals surface area contributed by atoms with Gasteiger partial charge in [-0.15, -0.1) is 0 Å². The van der Waals surface area contributed by atoms with Gasteiger partial charge in [0.15, 0.2) is 0 Å². The van der Waals surface area contributed by atoms with Crippen LogP contribution in [0, 0.1) is 0 Å². The minimum Gasteiger partial charge on any atom is -0.399 e. The first-order valence-electron chi connectivity index (χ1n) is 5.65. The van der Waals surface area contributed by atoms with Gasteiger partial charge in [0, 0.05) is 18.1 Å². The summed E-state index contributed by atoms with van der Waals surface area (Å²) in [5.74, 6) is 0. The number of pyridine rings is 1. The van der Waals surface area contributed by atoms with Gasteiger partial charge in [-0.1, -0.05) is 18.2 Å². The van der Waals surface area contributed by atoms with Crippen molar-refractivity contribution in [3.63, 3.8) is 0 Å². The highest BCUT2D eigenvalue weighted by Crippen LogP contribution is 2.38. The molecule has 0 bridgehead atoms. The largest absolute Gasteiger partial charge is 0.399 e. The smallest absolute Gasteiger partial charge is 0.0684 e. The first-order chi connectivity index (χ1) is 8.31. The first-order valence-corrected chi connectivity index (χ1v) is 5.65. The second-order valence-electron chi connectivity index (χ2n) is 4.44. The van der Waals surface area contributed by atoms with Crippen molar-refractivity contribution in [2.24, 2.45) is 0 Å². The molecule has 1 fully saturated rings. The number of aromatic nitrogens is 1. The van der Waals surface area contributed by atoms with E-state index in [-0.39, 0.29) is 5.41 Å². The van der Waals surface area contributed by atoms with E-state index in [4.69, 9.17) is 10.5 Å². The Labute approximate surface area is 100 Å². The van der Waals surface area contributed by atoms with E-state index < -0.39 is 0 Å². The lowest BCUT2D eigenvalue weighted by atomic mass is 9.73. The van der Waals surface area contributed by atoms with Crippen LogP contribution in [0.15, 0.2) is 48.8 Å². The molecule has 1 aliphatic rings. The second kappa shape index (κ2) is 3.86. The maximum atomic E-state index is 5.72. The lowest BCUT2D eigenvalue weighted by molar-refractivity contribution is -0.0381. The molecule has 0 aliphatic carbocycles. The van der Waals surface area contributed by atoms with Gasteiger partial charge in [0.2, 0.25) is 0 Å². The zero-order chi connectivity index (χ0) is 11.7. The quantitative estimate of drug-likeness (QED) is 0.796. The summed E-state index contributed by atoms with van der Waals surface area (Å²) < 4.78 is 5.42. The molecule has 2 heterocycles. The van der Waals surface area contributed by atoms with Crippen LogP contribution in [0.5, 0.6) is 0 Å². The summed E-state index contributed by atoms with van der Waals surface area (Å²) in [6.45, 7) is 1.42. The molecule has 3 nitrogen and oxygen atoms in total. The lowest BCUT2D eigenvalue weighted by Crippen LogP contribution is -2.47. The molecule has 86 valence electrons. The van der Waals surface area contributed by atoms with Crippen molar-refractivity contribution in [3.8, 4) is 0 Å². The van der Waals surface area contributed by atoms with E-state index in [2.05, 4.69) is 23.2 Å². The molecule has 1 saturated heterocycles. The molecule has 0 atom stereocenters. The number of hydrogen-bond donors (Lipinski definition) is 1. The second-order valence-corrected chi connectivity index (χ2v) is 4.44. The Morgan fingerprint density at radius 1 is 1.06 bits per heavy atom. The number of hydrogen-bond acceptors (Lipinski definition) is 3. The van der Waals surface area contributed by atoms with Crippen molar-refractivity contribution in [2.45, 2.75) is 5.41 Å². The standard InChI is InChI=1S/C14H14N2O/c15-13-5-3-11(4-6-13)14(9-17-10-14)12-2-1-7-16-8-12/h1-8H,9-10,15H2. The maximum absolute atomic E-state index is 5.72. The fourth-order valence-electron chi connectivity index (χ4n) is 2.25. The highest BCUT2D eigenvalue weighted by molar-refractivity contribution is 5.46. The number of anilines is 1. The predicted octanol–water partition coefficient (Wildman–Crippen LogP) is 1.98. The molecule has 0 unspecified atom stereocenters. The Hall–Kier alpha value is -1.87. The van der Waals surface area contributed by atoms with Gasteiger partial charge in [-0.05, 0) is 29.3 Å². The summed E-state index contributed by atoms with van der Waals surface area (Å²) >= 11 is 0. The molecular weight excluding hydrogens is 212 g/mol. The summed E-state index contributed by atoms with van der Waals surface area (Å²) in [6, 6.07) is 12.1. The van der Waals surface area contributed by atoms with Crippen molar-refractivity contribution in [1.29, 1.82) is 0 Å². The van der Waals surface area contributed by atoms with Crippen LogP contribution in [0.25, 0.3) is 0 Å². The van der Waals surface area contributed by atoms with Crippen molar-refractivity contribution in [3.05, 3.63) is 59.9 Å². The Morgan fingerprint density at radius 3 is 2.35 bits per heavy atom. The van der Waals surface area contributed by atoms with E-state index in [1.165, 1.54) is 11.1 Å². The van der Waals surface area contributed by atoms with Crippen LogP contribution >= 0.6 is 0 Å². The van der Waals surface area contributed by atoms with E-state index in [0.29, 0.717) is 13.2 Å². The topological polar surface area (TPSA) is 48.1 Å². The minimum atomic E-state index is -0.0397. The summed E-state index contributed by atoms with van der Waals surface area (Å²) in [7, 11) is 0. The van der Waals surface area contributed by atoms with Crippen molar-refractivity contribution < 1.29 is 4.74 Å². The number of benzene rings is 1. The van der Waals surface area contributed by atoms with Crippen LogP contribution in [0.1, 0.15) is 11.1 Å². The van der Waals surface area contributed by atoms with Crippen LogP contribution in [-0.4, -0.2) is 18.2 Å².